The fourth-order valence-electron chi connectivity index (χ4n) is 3.75. The maximum Gasteiger partial charge on any atom is 0.0951 e. The summed E-state index contributed by atoms with van der Waals surface area (Å²) in [6.45, 7) is 4.14. The second-order valence-corrected chi connectivity index (χ2v) is 7.06. The molecule has 5 heteroatoms. The van der Waals surface area contributed by atoms with Gasteiger partial charge >= 0.3 is 0 Å². The first-order chi connectivity index (χ1) is 11.7. The number of aromatic nitrogens is 3. The fraction of sp³-hybridized carbons (Fsp3) is 0.421. The Hall–Kier alpha value is -2.11. The van der Waals surface area contributed by atoms with Crippen LogP contribution >= 0.6 is 0 Å². The molecule has 24 heavy (non-hydrogen) atoms. The maximum absolute atomic E-state index is 4.38. The molecule has 0 aliphatic carbocycles. The predicted molar refractivity (Wildman–Crippen MR) is 96.8 cm³/mol. The summed E-state index contributed by atoms with van der Waals surface area (Å²) in [5.74, 6) is 0. The lowest BCUT2D eigenvalue weighted by Gasteiger charge is -2.35. The van der Waals surface area contributed by atoms with Crippen molar-refractivity contribution in [3.63, 3.8) is 0 Å². The molecule has 4 rings (SSSR count). The third-order valence-electron chi connectivity index (χ3n) is 4.98. The second kappa shape index (κ2) is 6.42. The highest BCUT2D eigenvalue weighted by molar-refractivity contribution is 5.82. The van der Waals surface area contributed by atoms with Crippen LogP contribution < -0.4 is 0 Å². The van der Waals surface area contributed by atoms with Crippen LogP contribution in [0.25, 0.3) is 10.9 Å². The van der Waals surface area contributed by atoms with E-state index in [1.165, 1.54) is 22.2 Å². The lowest BCUT2D eigenvalue weighted by atomic mass is 10.1. The summed E-state index contributed by atoms with van der Waals surface area (Å²) < 4.78 is 2.37. The Kier molecular flexibility index (Phi) is 4.12. The number of hydrogen-bond acceptors (Lipinski definition) is 3. The topological polar surface area (TPSA) is 40.1 Å². The summed E-state index contributed by atoms with van der Waals surface area (Å²) in [4.78, 5) is 12.5. The van der Waals surface area contributed by atoms with E-state index in [2.05, 4.69) is 62.7 Å². The number of rotatable bonds is 5. The van der Waals surface area contributed by atoms with Gasteiger partial charge in [0.15, 0.2) is 0 Å². The van der Waals surface area contributed by atoms with Crippen molar-refractivity contribution < 1.29 is 0 Å². The van der Waals surface area contributed by atoms with E-state index in [0.717, 1.165) is 32.6 Å². The van der Waals surface area contributed by atoms with E-state index >= 15 is 0 Å². The predicted octanol–water partition coefficient (Wildman–Crippen LogP) is 2.87. The highest BCUT2D eigenvalue weighted by Crippen LogP contribution is 2.26. The number of H-pyrrole nitrogens is 1. The summed E-state index contributed by atoms with van der Waals surface area (Å²) >= 11 is 0. The minimum atomic E-state index is 0.504. The van der Waals surface area contributed by atoms with Crippen molar-refractivity contribution in [3.8, 4) is 0 Å². The van der Waals surface area contributed by atoms with Gasteiger partial charge in [0.25, 0.3) is 0 Å². The second-order valence-electron chi connectivity index (χ2n) is 7.06. The Bertz CT molecular complexity index is 816. The van der Waals surface area contributed by atoms with Gasteiger partial charge in [-0.3, -0.25) is 4.90 Å². The normalized spacial score (nSPS) is 18.4. The summed E-state index contributed by atoms with van der Waals surface area (Å²) in [5, 5.41) is 1.33. The SMILES string of the molecule is CN(C)CC[C@@H]1CN(Cc2cccc3[nH]ccc23)Cc2cncn21. The number of hydrogen-bond donors (Lipinski definition) is 1. The smallest absolute Gasteiger partial charge is 0.0951 e. The molecule has 126 valence electrons. The largest absolute Gasteiger partial charge is 0.361 e. The average Bonchev–Trinajstić information content (AvgIpc) is 3.21. The molecule has 5 nitrogen and oxygen atoms in total. The quantitative estimate of drug-likeness (QED) is 0.785. The molecule has 0 fully saturated rings. The van der Waals surface area contributed by atoms with Gasteiger partial charge in [-0.15, -0.1) is 0 Å². The van der Waals surface area contributed by atoms with E-state index < -0.39 is 0 Å². The molecule has 1 atom stereocenters. The summed E-state index contributed by atoms with van der Waals surface area (Å²) in [6, 6.07) is 9.22. The molecule has 1 aliphatic heterocycles. The number of aromatic amines is 1. The monoisotopic (exact) mass is 323 g/mol. The van der Waals surface area contributed by atoms with Gasteiger partial charge in [-0.2, -0.15) is 0 Å². The first-order valence-corrected chi connectivity index (χ1v) is 8.63. The van der Waals surface area contributed by atoms with Gasteiger partial charge in [-0.05, 0) is 44.8 Å². The number of benzene rings is 1. The van der Waals surface area contributed by atoms with Crippen LogP contribution in [0.1, 0.15) is 23.7 Å². The Morgan fingerprint density at radius 3 is 3.08 bits per heavy atom. The number of fused-ring (bicyclic) bond motifs is 2. The van der Waals surface area contributed by atoms with Gasteiger partial charge in [0.2, 0.25) is 0 Å². The first kappa shape index (κ1) is 15.4. The Morgan fingerprint density at radius 2 is 2.21 bits per heavy atom. The van der Waals surface area contributed by atoms with Crippen molar-refractivity contribution in [2.75, 3.05) is 27.2 Å². The van der Waals surface area contributed by atoms with Crippen molar-refractivity contribution in [2.24, 2.45) is 0 Å². The Labute approximate surface area is 142 Å². The molecule has 0 bridgehead atoms. The Morgan fingerprint density at radius 1 is 1.29 bits per heavy atom. The van der Waals surface area contributed by atoms with E-state index in [9.17, 15) is 0 Å². The number of imidazole rings is 1. The zero-order valence-corrected chi connectivity index (χ0v) is 14.4. The highest BCUT2D eigenvalue weighted by atomic mass is 15.2. The van der Waals surface area contributed by atoms with Crippen molar-refractivity contribution in [1.29, 1.82) is 0 Å². The molecule has 1 aromatic carbocycles. The minimum Gasteiger partial charge on any atom is -0.361 e. The van der Waals surface area contributed by atoms with Crippen LogP contribution in [0.5, 0.6) is 0 Å². The van der Waals surface area contributed by atoms with Gasteiger partial charge in [-0.25, -0.2) is 4.98 Å². The van der Waals surface area contributed by atoms with Crippen LogP contribution in [0.4, 0.5) is 0 Å². The van der Waals surface area contributed by atoms with Crippen LogP contribution in [0.2, 0.25) is 0 Å². The first-order valence-electron chi connectivity index (χ1n) is 8.63. The average molecular weight is 323 g/mol. The third kappa shape index (κ3) is 2.97. The Balaban J connectivity index is 1.55. The van der Waals surface area contributed by atoms with Crippen molar-refractivity contribution in [1.82, 2.24) is 24.3 Å². The van der Waals surface area contributed by atoms with E-state index in [4.69, 9.17) is 0 Å². The lowest BCUT2D eigenvalue weighted by Crippen LogP contribution is -2.37. The molecule has 0 saturated carbocycles. The molecular weight excluding hydrogens is 298 g/mol. The van der Waals surface area contributed by atoms with Crippen LogP contribution in [-0.4, -0.2) is 51.5 Å². The molecule has 0 spiro atoms. The van der Waals surface area contributed by atoms with E-state index in [0.29, 0.717) is 6.04 Å². The van der Waals surface area contributed by atoms with Crippen LogP contribution in [-0.2, 0) is 13.1 Å². The molecular formula is C19H25N5. The molecule has 2 aromatic heterocycles. The molecule has 3 heterocycles. The fourth-order valence-corrected chi connectivity index (χ4v) is 3.75. The molecule has 0 radical (unpaired) electrons. The maximum atomic E-state index is 4.38. The van der Waals surface area contributed by atoms with Crippen molar-refractivity contribution in [2.45, 2.75) is 25.6 Å². The van der Waals surface area contributed by atoms with Crippen molar-refractivity contribution in [3.05, 3.63) is 54.2 Å². The van der Waals surface area contributed by atoms with E-state index in [1.807, 2.05) is 18.7 Å². The molecule has 3 aromatic rings. The van der Waals surface area contributed by atoms with Crippen LogP contribution in [0, 0.1) is 0 Å². The molecule has 1 aliphatic rings. The zero-order valence-electron chi connectivity index (χ0n) is 14.4. The molecule has 0 amide bonds. The minimum absolute atomic E-state index is 0.504. The van der Waals surface area contributed by atoms with Gasteiger partial charge in [0, 0.05) is 49.0 Å². The zero-order chi connectivity index (χ0) is 16.5. The lowest BCUT2D eigenvalue weighted by molar-refractivity contribution is 0.165. The standard InChI is InChI=1S/C19H25N5/c1-22(2)9-7-16-12-23(13-17-10-20-14-24(16)17)11-15-4-3-5-19-18(15)6-8-21-19/h3-6,8,10,14,16,21H,7,9,11-13H2,1-2H3/t16-/m1/s1. The summed E-state index contributed by atoms with van der Waals surface area (Å²) in [6.07, 6.45) is 7.20. The van der Waals surface area contributed by atoms with Crippen LogP contribution in [0.3, 0.4) is 0 Å². The van der Waals surface area contributed by atoms with Gasteiger partial charge in [-0.1, -0.05) is 12.1 Å². The van der Waals surface area contributed by atoms with Crippen LogP contribution in [0.15, 0.2) is 43.0 Å². The molecule has 0 saturated heterocycles. The van der Waals surface area contributed by atoms with Gasteiger partial charge in [0.05, 0.1) is 12.0 Å². The number of nitrogens with zero attached hydrogens (tertiary/aromatic N) is 4. The van der Waals surface area contributed by atoms with Gasteiger partial charge < -0.3 is 14.5 Å². The third-order valence-corrected chi connectivity index (χ3v) is 4.98. The van der Waals surface area contributed by atoms with Crippen molar-refractivity contribution >= 4 is 10.9 Å². The number of nitrogens with one attached hydrogen (secondary N) is 1. The van der Waals surface area contributed by atoms with Gasteiger partial charge in [0.1, 0.15) is 0 Å². The summed E-state index contributed by atoms with van der Waals surface area (Å²) in [5.41, 5.74) is 3.94. The molecule has 1 N–H and O–H groups in total. The van der Waals surface area contributed by atoms with E-state index in [1.54, 1.807) is 0 Å². The highest BCUT2D eigenvalue weighted by Gasteiger charge is 2.25. The summed E-state index contributed by atoms with van der Waals surface area (Å²) in [7, 11) is 4.28. The van der Waals surface area contributed by atoms with E-state index in [-0.39, 0.29) is 0 Å². The molecule has 0 unspecified atom stereocenters.